The van der Waals surface area contributed by atoms with Crippen LogP contribution in [0.3, 0.4) is 0 Å². The lowest BCUT2D eigenvalue weighted by molar-refractivity contribution is 0.249. The molecule has 1 aromatic carbocycles. The Morgan fingerprint density at radius 3 is 2.19 bits per heavy atom. The fraction of sp³-hybridized carbons (Fsp3) is 0.625. The van der Waals surface area contributed by atoms with Crippen molar-refractivity contribution in [1.29, 1.82) is 0 Å². The van der Waals surface area contributed by atoms with E-state index >= 15 is 0 Å². The number of rotatable bonds is 6. The van der Waals surface area contributed by atoms with Gasteiger partial charge in [0.1, 0.15) is 0 Å². The Hall–Kier alpha value is -0.910. The Balaban J connectivity index is 2.06. The van der Waals surface area contributed by atoms with Gasteiger partial charge in [-0.3, -0.25) is 0 Å². The molecule has 1 aliphatic rings. The molecule has 1 saturated carbocycles. The summed E-state index contributed by atoms with van der Waals surface area (Å²) in [6.07, 6.45) is 2.64. The predicted octanol–water partition coefficient (Wildman–Crippen LogP) is 2.43. The largest absolute Gasteiger partial charge is 0.396 e. The third-order valence-electron chi connectivity index (χ3n) is 4.27. The van der Waals surface area contributed by atoms with Gasteiger partial charge in [0.15, 0.2) is 0 Å². The number of hydrogen-bond donors (Lipinski definition) is 2. The van der Waals surface area contributed by atoms with Gasteiger partial charge in [0, 0.05) is 13.2 Å². The van der Waals surface area contributed by atoms with Crippen LogP contribution in [0.25, 0.3) is 0 Å². The van der Waals surface area contributed by atoms with Crippen molar-refractivity contribution in [2.45, 2.75) is 50.3 Å². The summed E-state index contributed by atoms with van der Waals surface area (Å²) in [6.45, 7) is 6.82. The predicted molar refractivity (Wildman–Crippen MR) is 83.7 cm³/mol. The highest BCUT2D eigenvalue weighted by Crippen LogP contribution is 2.48. The van der Waals surface area contributed by atoms with Gasteiger partial charge in [0.2, 0.25) is 10.0 Å². The summed E-state index contributed by atoms with van der Waals surface area (Å²) < 4.78 is 27.3. The molecular weight excluding hydrogens is 286 g/mol. The van der Waals surface area contributed by atoms with Crippen LogP contribution in [0.4, 0.5) is 0 Å². The van der Waals surface area contributed by atoms with E-state index in [4.69, 9.17) is 5.11 Å². The number of aliphatic hydroxyl groups excluding tert-OH is 1. The van der Waals surface area contributed by atoms with Gasteiger partial charge >= 0.3 is 0 Å². The van der Waals surface area contributed by atoms with Gasteiger partial charge in [0.25, 0.3) is 0 Å². The monoisotopic (exact) mass is 311 g/mol. The van der Waals surface area contributed by atoms with E-state index < -0.39 is 10.0 Å². The zero-order valence-corrected chi connectivity index (χ0v) is 13.8. The number of sulfonamides is 1. The standard InChI is InChI=1S/C16H25NO3S/c1-15(2,3)13-4-6-14(7-5-13)21(19,20)17-12-16(8-9-16)10-11-18/h4-7,17-18H,8-12H2,1-3H3. The number of hydrogen-bond acceptors (Lipinski definition) is 3. The van der Waals surface area contributed by atoms with Gasteiger partial charge in [0.05, 0.1) is 4.90 Å². The van der Waals surface area contributed by atoms with Crippen LogP contribution in [0, 0.1) is 5.41 Å². The Labute approximate surface area is 127 Å². The SMILES string of the molecule is CC(C)(C)c1ccc(S(=O)(=O)NCC2(CCO)CC2)cc1. The molecule has 118 valence electrons. The normalized spacial score (nSPS) is 17.7. The summed E-state index contributed by atoms with van der Waals surface area (Å²) in [6, 6.07) is 7.06. The van der Waals surface area contributed by atoms with Crippen LogP contribution in [0.15, 0.2) is 29.2 Å². The molecule has 0 radical (unpaired) electrons. The van der Waals surface area contributed by atoms with Crippen molar-refractivity contribution >= 4 is 10.0 Å². The van der Waals surface area contributed by atoms with E-state index in [2.05, 4.69) is 25.5 Å². The first kappa shape index (κ1) is 16.5. The maximum Gasteiger partial charge on any atom is 0.240 e. The zero-order chi connectivity index (χ0) is 15.7. The Morgan fingerprint density at radius 1 is 1.19 bits per heavy atom. The molecule has 1 aromatic rings. The number of aliphatic hydroxyl groups is 1. The third kappa shape index (κ3) is 4.05. The Kier molecular flexibility index (Phi) is 4.47. The number of nitrogens with one attached hydrogen (secondary N) is 1. The van der Waals surface area contributed by atoms with Gasteiger partial charge in [-0.15, -0.1) is 0 Å². The van der Waals surface area contributed by atoms with Crippen LogP contribution in [-0.4, -0.2) is 26.7 Å². The highest BCUT2D eigenvalue weighted by molar-refractivity contribution is 7.89. The molecule has 1 aliphatic carbocycles. The first-order valence-corrected chi connectivity index (χ1v) is 8.88. The maximum atomic E-state index is 12.3. The molecule has 21 heavy (non-hydrogen) atoms. The minimum Gasteiger partial charge on any atom is -0.396 e. The van der Waals surface area contributed by atoms with Gasteiger partial charge in [-0.25, -0.2) is 13.1 Å². The van der Waals surface area contributed by atoms with Gasteiger partial charge in [-0.1, -0.05) is 32.9 Å². The second-order valence-corrected chi connectivity index (χ2v) is 8.84. The molecule has 2 N–H and O–H groups in total. The molecule has 0 amide bonds. The van der Waals surface area contributed by atoms with Gasteiger partial charge < -0.3 is 5.11 Å². The summed E-state index contributed by atoms with van der Waals surface area (Å²) in [7, 11) is -3.47. The smallest absolute Gasteiger partial charge is 0.240 e. The molecule has 1 fully saturated rings. The average Bonchev–Trinajstić information content (AvgIpc) is 3.17. The van der Waals surface area contributed by atoms with E-state index in [1.54, 1.807) is 12.1 Å². The van der Waals surface area contributed by atoms with Crippen LogP contribution >= 0.6 is 0 Å². The van der Waals surface area contributed by atoms with Crippen molar-refractivity contribution in [3.63, 3.8) is 0 Å². The second kappa shape index (κ2) is 5.71. The minimum atomic E-state index is -3.47. The van der Waals surface area contributed by atoms with Gasteiger partial charge in [-0.2, -0.15) is 0 Å². The molecule has 0 unspecified atom stereocenters. The first-order chi connectivity index (χ1) is 9.69. The van der Waals surface area contributed by atoms with E-state index in [0.29, 0.717) is 17.9 Å². The molecule has 4 nitrogen and oxygen atoms in total. The molecule has 0 bridgehead atoms. The van der Waals surface area contributed by atoms with Crippen LogP contribution in [0.2, 0.25) is 0 Å². The molecule has 0 saturated heterocycles. The second-order valence-electron chi connectivity index (χ2n) is 7.07. The maximum absolute atomic E-state index is 12.3. The highest BCUT2D eigenvalue weighted by Gasteiger charge is 2.42. The van der Waals surface area contributed by atoms with Crippen molar-refractivity contribution in [3.8, 4) is 0 Å². The third-order valence-corrected chi connectivity index (χ3v) is 5.68. The first-order valence-electron chi connectivity index (χ1n) is 7.40. The molecule has 2 rings (SSSR count). The van der Waals surface area contributed by atoms with Crippen LogP contribution in [-0.2, 0) is 15.4 Å². The van der Waals surface area contributed by atoms with E-state index in [9.17, 15) is 8.42 Å². The van der Waals surface area contributed by atoms with Crippen molar-refractivity contribution in [1.82, 2.24) is 4.72 Å². The van der Waals surface area contributed by atoms with E-state index in [1.165, 1.54) is 0 Å². The molecule has 0 aromatic heterocycles. The summed E-state index contributed by atoms with van der Waals surface area (Å²) in [5.41, 5.74) is 1.10. The number of benzene rings is 1. The molecule has 0 atom stereocenters. The van der Waals surface area contributed by atoms with Crippen LogP contribution < -0.4 is 4.72 Å². The fourth-order valence-electron chi connectivity index (χ4n) is 2.39. The molecule has 0 spiro atoms. The summed E-state index contributed by atoms with van der Waals surface area (Å²) in [4.78, 5) is 0.301. The topological polar surface area (TPSA) is 66.4 Å². The lowest BCUT2D eigenvalue weighted by Crippen LogP contribution is -2.30. The van der Waals surface area contributed by atoms with Crippen molar-refractivity contribution in [3.05, 3.63) is 29.8 Å². The lowest BCUT2D eigenvalue weighted by atomic mass is 9.87. The Bertz CT molecular complexity index is 581. The van der Waals surface area contributed by atoms with E-state index in [-0.39, 0.29) is 17.4 Å². The van der Waals surface area contributed by atoms with E-state index in [1.807, 2.05) is 12.1 Å². The minimum absolute atomic E-state index is 0.00885. The highest BCUT2D eigenvalue weighted by atomic mass is 32.2. The Morgan fingerprint density at radius 2 is 1.76 bits per heavy atom. The quantitative estimate of drug-likeness (QED) is 0.848. The molecule has 0 aliphatic heterocycles. The van der Waals surface area contributed by atoms with E-state index in [0.717, 1.165) is 18.4 Å². The van der Waals surface area contributed by atoms with Crippen molar-refractivity contribution in [2.24, 2.45) is 5.41 Å². The molecule has 0 heterocycles. The summed E-state index contributed by atoms with van der Waals surface area (Å²) in [5, 5.41) is 9.02. The van der Waals surface area contributed by atoms with Crippen molar-refractivity contribution in [2.75, 3.05) is 13.2 Å². The fourth-order valence-corrected chi connectivity index (χ4v) is 3.55. The van der Waals surface area contributed by atoms with Crippen LogP contribution in [0.1, 0.15) is 45.6 Å². The average molecular weight is 311 g/mol. The molecular formula is C16H25NO3S. The van der Waals surface area contributed by atoms with Crippen molar-refractivity contribution < 1.29 is 13.5 Å². The zero-order valence-electron chi connectivity index (χ0n) is 13.0. The summed E-state index contributed by atoms with van der Waals surface area (Å²) in [5.74, 6) is 0. The van der Waals surface area contributed by atoms with Crippen LogP contribution in [0.5, 0.6) is 0 Å². The van der Waals surface area contributed by atoms with Gasteiger partial charge in [-0.05, 0) is 47.8 Å². The lowest BCUT2D eigenvalue weighted by Gasteiger charge is -2.19. The summed E-state index contributed by atoms with van der Waals surface area (Å²) >= 11 is 0. The molecule has 5 heteroatoms.